The average molecular weight is 928 g/mol. The first kappa shape index (κ1) is 47.5. The zero-order chi connectivity index (χ0) is 48.6. The van der Waals surface area contributed by atoms with Crippen molar-refractivity contribution >= 4 is 45.9 Å². The molecule has 1 unspecified atom stereocenters. The smallest absolute Gasteiger partial charge is 0.271 e. The lowest BCUT2D eigenvalue weighted by Crippen LogP contribution is -2.54. The number of alkyl halides is 3. The largest absolute Gasteiger partial charge is 0.364 e. The maximum absolute atomic E-state index is 14.6. The Bertz CT molecular complexity index is 2930. The van der Waals surface area contributed by atoms with Crippen molar-refractivity contribution in [2.45, 2.75) is 142 Å². The molecule has 0 spiro atoms. The standard InChI is InChI=1S/C56H64F3N5O4/c1-51(2,3)41(30-46(65)54(8)23-22-53(7,57)31-67-54)48-60-42-20-18-37(28-44(42)62-48)39-26-33-10-14-35(39)15-11-34-13-17-36(16-12-33)40(27-34)38-19-21-43-45(29-38)63-49(61-43)47(52(4,5)6)64-50(66)55(9)24-25-56(58,59)32-68-55/h10-11,13-15,17-21,26-29,41,47H,12,16,22-25,30-32H2,1-9H3,(H,60,62)(H,61,63)(H,64,66)/t41-,47-,53?,54-,55-/m1/s1. The van der Waals surface area contributed by atoms with Gasteiger partial charge < -0.3 is 24.8 Å². The van der Waals surface area contributed by atoms with Crippen LogP contribution in [0.4, 0.5) is 13.2 Å². The number of nitrogens with one attached hydrogen (secondary N) is 3. The highest BCUT2D eigenvalue weighted by Crippen LogP contribution is 2.43. The zero-order valence-electron chi connectivity index (χ0n) is 40.8. The van der Waals surface area contributed by atoms with E-state index in [0.717, 1.165) is 74.1 Å². The number of halogens is 3. The topological polar surface area (TPSA) is 122 Å². The maximum Gasteiger partial charge on any atom is 0.271 e. The number of ether oxygens (including phenoxy) is 2. The van der Waals surface area contributed by atoms with Crippen LogP contribution in [0.2, 0.25) is 0 Å². The first-order valence-electron chi connectivity index (χ1n) is 24.0. The van der Waals surface area contributed by atoms with E-state index in [4.69, 9.17) is 19.4 Å². The number of hydrogen-bond donors (Lipinski definition) is 3. The van der Waals surface area contributed by atoms with E-state index in [1.54, 1.807) is 13.8 Å². The van der Waals surface area contributed by atoms with Gasteiger partial charge >= 0.3 is 0 Å². The van der Waals surface area contributed by atoms with Gasteiger partial charge in [-0.2, -0.15) is 0 Å². The minimum absolute atomic E-state index is 0.0272. The fraction of sp³-hybridized carbons (Fsp3) is 0.464. The van der Waals surface area contributed by atoms with Crippen LogP contribution in [0.15, 0.2) is 72.8 Å². The summed E-state index contributed by atoms with van der Waals surface area (Å²) in [5.74, 6) is -2.27. The van der Waals surface area contributed by atoms with Gasteiger partial charge in [-0.05, 0) is 139 Å². The molecule has 4 aromatic carbocycles. The number of amides is 1. The summed E-state index contributed by atoms with van der Waals surface area (Å²) in [4.78, 5) is 44.5. The van der Waals surface area contributed by atoms with Gasteiger partial charge in [0.25, 0.3) is 11.8 Å². The number of aromatic nitrogens is 4. The zero-order valence-corrected chi connectivity index (χ0v) is 40.8. The second-order valence-electron chi connectivity index (χ2n) is 22.5. The Hall–Kier alpha value is -5.59. The molecule has 0 radical (unpaired) electrons. The van der Waals surface area contributed by atoms with Crippen molar-refractivity contribution in [2.75, 3.05) is 13.2 Å². The van der Waals surface area contributed by atoms with Crippen LogP contribution < -0.4 is 5.32 Å². The minimum atomic E-state index is -2.94. The van der Waals surface area contributed by atoms with Crippen LogP contribution in [-0.2, 0) is 31.9 Å². The third-order valence-corrected chi connectivity index (χ3v) is 14.6. The average Bonchev–Trinajstić information content (AvgIpc) is 3.90. The molecule has 358 valence electrons. The Morgan fingerprint density at radius 2 is 1.34 bits per heavy atom. The number of ketones is 1. The van der Waals surface area contributed by atoms with Crippen molar-refractivity contribution in [1.29, 1.82) is 0 Å². The third-order valence-electron chi connectivity index (χ3n) is 14.6. The van der Waals surface area contributed by atoms with E-state index in [9.17, 15) is 22.8 Å². The normalized spacial score (nSPS) is 23.9. The second-order valence-corrected chi connectivity index (χ2v) is 22.5. The lowest BCUT2D eigenvalue weighted by molar-refractivity contribution is -0.190. The van der Waals surface area contributed by atoms with Crippen molar-refractivity contribution in [3.63, 3.8) is 0 Å². The molecule has 1 amide bonds. The second kappa shape index (κ2) is 17.1. The van der Waals surface area contributed by atoms with Gasteiger partial charge in [0.15, 0.2) is 5.78 Å². The monoisotopic (exact) mass is 927 g/mol. The Morgan fingerprint density at radius 3 is 1.97 bits per heavy atom. The number of H-pyrrole nitrogens is 2. The predicted molar refractivity (Wildman–Crippen MR) is 263 cm³/mol. The molecule has 9 nitrogen and oxygen atoms in total. The Kier molecular flexibility index (Phi) is 12.0. The molecule has 2 aromatic heterocycles. The molecule has 12 rings (SSSR count). The van der Waals surface area contributed by atoms with E-state index < -0.39 is 53.2 Å². The summed E-state index contributed by atoms with van der Waals surface area (Å²) in [6.07, 6.45) is 6.33. The summed E-state index contributed by atoms with van der Waals surface area (Å²) in [6, 6.07) is 25.3. The highest BCUT2D eigenvalue weighted by atomic mass is 19.3. The van der Waals surface area contributed by atoms with Gasteiger partial charge in [0.1, 0.15) is 35.1 Å². The fourth-order valence-electron chi connectivity index (χ4n) is 9.88. The van der Waals surface area contributed by atoms with E-state index >= 15 is 0 Å². The predicted octanol–water partition coefficient (Wildman–Crippen LogP) is 12.8. The Labute approximate surface area is 397 Å². The van der Waals surface area contributed by atoms with Gasteiger partial charge in [-0.3, -0.25) is 9.59 Å². The number of aryl methyl sites for hydroxylation is 2. The fourth-order valence-corrected chi connectivity index (χ4v) is 9.88. The van der Waals surface area contributed by atoms with Gasteiger partial charge in [-0.1, -0.05) is 96.2 Å². The minimum Gasteiger partial charge on any atom is -0.364 e. The Balaban J connectivity index is 0.971. The molecule has 6 aromatic rings. The third kappa shape index (κ3) is 9.68. The summed E-state index contributed by atoms with van der Waals surface area (Å²) in [5, 5.41) is 3.09. The molecule has 4 bridgehead atoms. The number of imidazole rings is 2. The van der Waals surface area contributed by atoms with Crippen molar-refractivity contribution in [2.24, 2.45) is 10.8 Å². The van der Waals surface area contributed by atoms with Crippen LogP contribution in [0.3, 0.4) is 0 Å². The van der Waals surface area contributed by atoms with E-state index in [2.05, 4.69) is 109 Å². The van der Waals surface area contributed by atoms with Crippen molar-refractivity contribution in [3.05, 3.63) is 107 Å². The van der Waals surface area contributed by atoms with Gasteiger partial charge in [-0.25, -0.2) is 23.1 Å². The summed E-state index contributed by atoms with van der Waals surface area (Å²) in [5.41, 5.74) is 7.64. The molecule has 2 aliphatic heterocycles. The molecule has 68 heavy (non-hydrogen) atoms. The first-order chi connectivity index (χ1) is 31.9. The van der Waals surface area contributed by atoms with Crippen molar-refractivity contribution < 1.29 is 32.2 Å². The van der Waals surface area contributed by atoms with Crippen LogP contribution in [0.25, 0.3) is 56.5 Å². The summed E-state index contributed by atoms with van der Waals surface area (Å²) < 4.78 is 53.8. The van der Waals surface area contributed by atoms with E-state index in [0.29, 0.717) is 18.7 Å². The van der Waals surface area contributed by atoms with Gasteiger partial charge in [0, 0.05) is 18.8 Å². The molecule has 2 fully saturated rings. The van der Waals surface area contributed by atoms with Crippen LogP contribution >= 0.6 is 0 Å². The van der Waals surface area contributed by atoms with E-state index in [-0.39, 0.29) is 36.6 Å². The molecular weight excluding hydrogens is 864 g/mol. The van der Waals surface area contributed by atoms with Crippen molar-refractivity contribution in [3.8, 4) is 22.3 Å². The first-order valence-corrected chi connectivity index (χ1v) is 24.0. The number of hydrogen-bond acceptors (Lipinski definition) is 6. The number of rotatable bonds is 9. The van der Waals surface area contributed by atoms with Crippen molar-refractivity contribution in [1.82, 2.24) is 25.3 Å². The number of carbonyl (C=O) groups excluding carboxylic acids is 2. The maximum atomic E-state index is 14.6. The van der Waals surface area contributed by atoms with Gasteiger partial charge in [0.05, 0.1) is 34.7 Å². The van der Waals surface area contributed by atoms with E-state index in [1.807, 2.05) is 32.9 Å². The van der Waals surface area contributed by atoms with Crippen LogP contribution in [0.5, 0.6) is 0 Å². The number of carbonyl (C=O) groups is 2. The molecule has 12 heteroatoms. The van der Waals surface area contributed by atoms with Crippen LogP contribution in [0.1, 0.15) is 140 Å². The molecule has 2 saturated heterocycles. The summed E-state index contributed by atoms with van der Waals surface area (Å²) in [7, 11) is 0. The van der Waals surface area contributed by atoms with Gasteiger partial charge in [-0.15, -0.1) is 0 Å². The molecule has 6 aliphatic rings. The Morgan fingerprint density at radius 1 is 0.691 bits per heavy atom. The highest BCUT2D eigenvalue weighted by molar-refractivity contribution is 5.90. The molecule has 5 atom stereocenters. The van der Waals surface area contributed by atoms with Gasteiger partial charge in [0.2, 0.25) is 0 Å². The number of benzene rings is 4. The summed E-state index contributed by atoms with van der Waals surface area (Å²) in [6.45, 7) is 16.4. The lowest BCUT2D eigenvalue weighted by atomic mass is 9.74. The number of fused-ring (bicyclic) bond motifs is 2. The number of nitrogens with zero attached hydrogens (tertiary/aromatic N) is 2. The molecule has 4 aliphatic carbocycles. The number of aromatic amines is 2. The van der Waals surface area contributed by atoms with Crippen LogP contribution in [-0.4, -0.2) is 67.6 Å². The molecule has 3 N–H and O–H groups in total. The summed E-state index contributed by atoms with van der Waals surface area (Å²) >= 11 is 0. The molecule has 0 saturated carbocycles. The SMILES string of the molecule is CC1(F)CC[C@](C)(C(=O)C[C@H](c2nc3ccc(-c4cc5ccc4C=Cc4ccc(c(-c6ccc7nc([C@@H](NC(=O)[C@@]8(C)CCC(F)(F)CO8)C(C)(C)C)[nH]c7c6)c4)CC5)cc3[nH]2)C(C)(C)C)OC1. The molecule has 4 heterocycles. The molecular formula is C56H64F3N5O4. The van der Waals surface area contributed by atoms with Crippen LogP contribution in [0, 0.1) is 10.8 Å². The number of Topliss-reactive ketones (excluding diaryl/α,β-unsaturated/α-hetero) is 1. The quantitative estimate of drug-likeness (QED) is 0.133. The highest BCUT2D eigenvalue weighted by Gasteiger charge is 2.48. The van der Waals surface area contributed by atoms with E-state index in [1.165, 1.54) is 18.1 Å². The lowest BCUT2D eigenvalue weighted by Gasteiger charge is -2.39.